The largest absolute Gasteiger partial charge is 0.461 e. The van der Waals surface area contributed by atoms with Gasteiger partial charge in [0.05, 0.1) is 0 Å². The third kappa shape index (κ3) is 7.47. The number of unbranched alkanes of at least 4 members (excludes halogenated alkanes) is 6. The molecule has 2 unspecified atom stereocenters. The number of nitrogens with one attached hydrogen (secondary N) is 3. The van der Waals surface area contributed by atoms with E-state index in [1.165, 1.54) is 38.5 Å². The van der Waals surface area contributed by atoms with Crippen LogP contribution in [-0.2, 0) is 0 Å². The van der Waals surface area contributed by atoms with Crippen molar-refractivity contribution in [1.82, 2.24) is 10.2 Å². The number of aliphatic hydroxyl groups is 1. The molecular weight excluding hydrogens is 508 g/mol. The van der Waals surface area contributed by atoms with Crippen LogP contribution in [0.25, 0.3) is 11.8 Å². The predicted octanol–water partition coefficient (Wildman–Crippen LogP) is 6.43. The van der Waals surface area contributed by atoms with Gasteiger partial charge in [0.2, 0.25) is 0 Å². The summed E-state index contributed by atoms with van der Waals surface area (Å²) >= 11 is 0. The predicted molar refractivity (Wildman–Crippen MR) is 170 cm³/mol. The molecule has 0 fully saturated rings. The topological polar surface area (TPSA) is 92.4 Å². The summed E-state index contributed by atoms with van der Waals surface area (Å²) in [6.45, 7) is 12.9. The molecule has 2 aromatic rings. The van der Waals surface area contributed by atoms with E-state index in [1.807, 2.05) is 36.4 Å². The normalized spacial score (nSPS) is 17.2. The summed E-state index contributed by atoms with van der Waals surface area (Å²) in [5.74, 6) is 2.31. The Bertz CT molecular complexity index is 1350. The van der Waals surface area contributed by atoms with Crippen molar-refractivity contribution in [3.8, 4) is 5.75 Å². The molecule has 0 saturated carbocycles. The first-order chi connectivity index (χ1) is 19.6. The molecule has 0 bridgehead atoms. The molecule has 0 saturated heterocycles. The van der Waals surface area contributed by atoms with Gasteiger partial charge in [-0.1, -0.05) is 97.4 Å². The number of fused-ring (bicyclic) bond motifs is 2. The van der Waals surface area contributed by atoms with Gasteiger partial charge >= 0.3 is 0 Å². The monoisotopic (exact) mass is 558 g/mol. The molecule has 0 radical (unpaired) electrons. The van der Waals surface area contributed by atoms with E-state index in [0.717, 1.165) is 65.2 Å². The Labute approximate surface area is 246 Å². The van der Waals surface area contributed by atoms with Gasteiger partial charge in [-0.25, -0.2) is 0 Å². The highest BCUT2D eigenvalue weighted by molar-refractivity contribution is 6.23. The van der Waals surface area contributed by atoms with Crippen LogP contribution in [0.2, 0.25) is 0 Å². The second-order valence-corrected chi connectivity index (χ2v) is 12.8. The lowest BCUT2D eigenvalue weighted by molar-refractivity contribution is -0.00187. The fourth-order valence-electron chi connectivity index (χ4n) is 5.86. The van der Waals surface area contributed by atoms with Gasteiger partial charge in [-0.05, 0) is 47.6 Å². The van der Waals surface area contributed by atoms with Crippen LogP contribution in [0.15, 0.2) is 36.4 Å². The van der Waals surface area contributed by atoms with Crippen molar-refractivity contribution >= 4 is 23.5 Å². The maximum atomic E-state index is 11.7. The van der Waals surface area contributed by atoms with Crippen LogP contribution >= 0.6 is 0 Å². The molecule has 222 valence electrons. The van der Waals surface area contributed by atoms with Crippen LogP contribution in [0.4, 0.5) is 0 Å². The SMILES string of the molecule is CCCCCCN(CCCCCC)C(O)c1ccccc1OC1=c2cc3c(cc2=CC(C(C)(C)C)C1)C(=N)NC3=N. The molecule has 0 aromatic heterocycles. The highest BCUT2D eigenvalue weighted by Crippen LogP contribution is 2.36. The van der Waals surface area contributed by atoms with Gasteiger partial charge in [-0.2, -0.15) is 0 Å². The molecule has 6 nitrogen and oxygen atoms in total. The van der Waals surface area contributed by atoms with E-state index in [0.29, 0.717) is 5.75 Å². The smallest absolute Gasteiger partial charge is 0.137 e. The molecule has 2 atom stereocenters. The van der Waals surface area contributed by atoms with Crippen molar-refractivity contribution in [1.29, 1.82) is 10.8 Å². The standard InChI is InChI=1S/C35H50N4O2/c1-6-8-10-14-18-39(19-15-11-9-7-2)34(40)26-16-12-13-17-30(26)41-31-22-25(35(3,4)5)20-24-21-28-29(23-27(24)31)33(37)38-32(28)36/h12-13,16-17,20-21,23,25,34,40H,6-11,14-15,18-19,22H2,1-5H3,(H3,36,37,38). The Morgan fingerprint density at radius 2 is 1.54 bits per heavy atom. The second-order valence-electron chi connectivity index (χ2n) is 12.8. The molecule has 41 heavy (non-hydrogen) atoms. The first-order valence-corrected chi connectivity index (χ1v) is 15.7. The third-order valence-electron chi connectivity index (χ3n) is 8.55. The fraction of sp³-hybridized carbons (Fsp3) is 0.543. The van der Waals surface area contributed by atoms with Crippen molar-refractivity contribution in [3.05, 3.63) is 63.5 Å². The molecule has 0 amide bonds. The lowest BCUT2D eigenvalue weighted by Crippen LogP contribution is -2.38. The number of hydrogen-bond acceptors (Lipinski definition) is 5. The average Bonchev–Trinajstić information content (AvgIpc) is 3.22. The molecule has 4 N–H and O–H groups in total. The van der Waals surface area contributed by atoms with Crippen LogP contribution in [0, 0.1) is 22.2 Å². The number of aliphatic hydroxyl groups excluding tert-OH is 1. The summed E-state index contributed by atoms with van der Waals surface area (Å²) < 4.78 is 6.78. The molecule has 1 aliphatic carbocycles. The number of rotatable bonds is 14. The van der Waals surface area contributed by atoms with Gasteiger partial charge in [0, 0.05) is 41.4 Å². The van der Waals surface area contributed by atoms with Crippen molar-refractivity contribution < 1.29 is 9.84 Å². The number of hydrogen-bond donors (Lipinski definition) is 4. The van der Waals surface area contributed by atoms with Gasteiger partial charge in [0.15, 0.2) is 0 Å². The molecule has 6 heteroatoms. The van der Waals surface area contributed by atoms with E-state index in [9.17, 15) is 5.11 Å². The molecule has 4 rings (SSSR count). The Kier molecular flexibility index (Phi) is 10.4. The second kappa shape index (κ2) is 13.8. The Balaban J connectivity index is 1.70. The first-order valence-electron chi connectivity index (χ1n) is 15.7. The van der Waals surface area contributed by atoms with E-state index < -0.39 is 6.23 Å². The summed E-state index contributed by atoms with van der Waals surface area (Å²) in [7, 11) is 0. The van der Waals surface area contributed by atoms with Crippen LogP contribution < -0.4 is 20.5 Å². The minimum absolute atomic E-state index is 0.0244. The summed E-state index contributed by atoms with van der Waals surface area (Å²) in [5, 5.41) is 33.3. The van der Waals surface area contributed by atoms with Crippen LogP contribution in [0.5, 0.6) is 5.75 Å². The number of amidine groups is 2. The van der Waals surface area contributed by atoms with Crippen LogP contribution in [-0.4, -0.2) is 34.8 Å². The van der Waals surface area contributed by atoms with Gasteiger partial charge < -0.3 is 15.2 Å². The Hall–Kier alpha value is -2.96. The van der Waals surface area contributed by atoms with Crippen LogP contribution in [0.3, 0.4) is 0 Å². The van der Waals surface area contributed by atoms with Crippen molar-refractivity contribution in [2.75, 3.05) is 13.1 Å². The summed E-state index contributed by atoms with van der Waals surface area (Å²) in [6.07, 6.45) is 11.6. The lowest BCUT2D eigenvalue weighted by Gasteiger charge is -2.32. The fourth-order valence-corrected chi connectivity index (χ4v) is 5.86. The summed E-state index contributed by atoms with van der Waals surface area (Å²) in [6, 6.07) is 11.9. The summed E-state index contributed by atoms with van der Waals surface area (Å²) in [5.41, 5.74) is 2.32. The van der Waals surface area contributed by atoms with E-state index in [2.05, 4.69) is 50.9 Å². The van der Waals surface area contributed by atoms with E-state index >= 15 is 0 Å². The average molecular weight is 559 g/mol. The highest BCUT2D eigenvalue weighted by atomic mass is 16.5. The minimum Gasteiger partial charge on any atom is -0.461 e. The summed E-state index contributed by atoms with van der Waals surface area (Å²) in [4.78, 5) is 2.23. The molecule has 1 aliphatic heterocycles. The van der Waals surface area contributed by atoms with Gasteiger partial charge in [-0.3, -0.25) is 15.7 Å². The minimum atomic E-state index is -0.735. The third-order valence-corrected chi connectivity index (χ3v) is 8.55. The molecule has 2 aromatic carbocycles. The van der Waals surface area contributed by atoms with Crippen LogP contribution in [0.1, 0.15) is 115 Å². The zero-order chi connectivity index (χ0) is 29.6. The molecule has 1 heterocycles. The number of benzene rings is 2. The van der Waals surface area contributed by atoms with Crippen molar-refractivity contribution in [3.63, 3.8) is 0 Å². The van der Waals surface area contributed by atoms with Gasteiger partial charge in [-0.15, -0.1) is 0 Å². The lowest BCUT2D eigenvalue weighted by atomic mass is 9.76. The Morgan fingerprint density at radius 1 is 0.927 bits per heavy atom. The molecule has 2 aliphatic rings. The Morgan fingerprint density at radius 3 is 2.15 bits per heavy atom. The zero-order valence-electron chi connectivity index (χ0n) is 25.8. The maximum absolute atomic E-state index is 11.7. The highest BCUT2D eigenvalue weighted by Gasteiger charge is 2.30. The molecule has 0 spiro atoms. The van der Waals surface area contributed by atoms with Gasteiger partial charge in [0.25, 0.3) is 0 Å². The van der Waals surface area contributed by atoms with E-state index in [4.69, 9.17) is 15.6 Å². The number of ether oxygens (including phenoxy) is 1. The zero-order valence-corrected chi connectivity index (χ0v) is 25.8. The maximum Gasteiger partial charge on any atom is 0.137 e. The van der Waals surface area contributed by atoms with E-state index in [1.54, 1.807) is 0 Å². The molecular formula is C35H50N4O2. The van der Waals surface area contributed by atoms with Gasteiger partial charge in [0.1, 0.15) is 29.4 Å². The van der Waals surface area contributed by atoms with Crippen molar-refractivity contribution in [2.24, 2.45) is 11.3 Å². The number of para-hydroxylation sites is 1. The van der Waals surface area contributed by atoms with Crippen molar-refractivity contribution in [2.45, 2.75) is 98.6 Å². The first kappa shape index (κ1) is 31.0. The quantitative estimate of drug-likeness (QED) is 0.159. The number of nitrogens with zero attached hydrogens (tertiary/aromatic N) is 1. The van der Waals surface area contributed by atoms with E-state index in [-0.39, 0.29) is 23.0 Å².